The lowest BCUT2D eigenvalue weighted by atomic mass is 10.2. The smallest absolute Gasteiger partial charge is 0.287 e. The second kappa shape index (κ2) is 6.83. The van der Waals surface area contributed by atoms with Gasteiger partial charge >= 0.3 is 0 Å². The van der Waals surface area contributed by atoms with Gasteiger partial charge in [-0.3, -0.25) is 9.48 Å². The minimum atomic E-state index is -0.243. The Morgan fingerprint density at radius 3 is 2.78 bits per heavy atom. The van der Waals surface area contributed by atoms with Gasteiger partial charge in [-0.25, -0.2) is 0 Å². The Morgan fingerprint density at radius 1 is 1.26 bits per heavy atom. The summed E-state index contributed by atoms with van der Waals surface area (Å²) in [4.78, 5) is 12.1. The van der Waals surface area contributed by atoms with Gasteiger partial charge in [0, 0.05) is 18.9 Å². The normalized spacial score (nSPS) is 10.5. The van der Waals surface area contributed by atoms with Crippen LogP contribution in [0.2, 0.25) is 0 Å². The van der Waals surface area contributed by atoms with Crippen LogP contribution >= 0.6 is 0 Å². The second-order valence-corrected chi connectivity index (χ2v) is 5.00. The maximum absolute atomic E-state index is 12.1. The van der Waals surface area contributed by atoms with Crippen molar-refractivity contribution in [2.75, 3.05) is 7.11 Å². The lowest BCUT2D eigenvalue weighted by Gasteiger charge is -2.05. The molecule has 0 fully saturated rings. The molecule has 0 aliphatic carbocycles. The molecule has 1 N–H and O–H groups in total. The molecule has 0 atom stereocenters. The first-order valence-corrected chi connectivity index (χ1v) is 7.22. The van der Waals surface area contributed by atoms with Gasteiger partial charge in [-0.15, -0.1) is 0 Å². The topological polar surface area (TPSA) is 69.3 Å². The maximum Gasteiger partial charge on any atom is 0.287 e. The van der Waals surface area contributed by atoms with E-state index in [4.69, 9.17) is 9.15 Å². The fourth-order valence-electron chi connectivity index (χ4n) is 2.15. The molecule has 0 saturated carbocycles. The summed E-state index contributed by atoms with van der Waals surface area (Å²) in [6.45, 7) is 0.927. The van der Waals surface area contributed by atoms with Crippen molar-refractivity contribution in [2.24, 2.45) is 0 Å². The molecule has 118 valence electrons. The molecular weight excluding hydrogens is 294 g/mol. The average molecular weight is 311 g/mol. The number of rotatable bonds is 6. The van der Waals surface area contributed by atoms with E-state index in [0.29, 0.717) is 24.6 Å². The Bertz CT molecular complexity index is 761. The molecule has 23 heavy (non-hydrogen) atoms. The van der Waals surface area contributed by atoms with Crippen molar-refractivity contribution >= 4 is 5.91 Å². The van der Waals surface area contributed by atoms with E-state index in [2.05, 4.69) is 10.4 Å². The summed E-state index contributed by atoms with van der Waals surface area (Å²) in [5.74, 6) is 1.52. The van der Waals surface area contributed by atoms with Crippen LogP contribution in [0.25, 0.3) is 0 Å². The van der Waals surface area contributed by atoms with Gasteiger partial charge in [0.05, 0.1) is 13.7 Å². The molecule has 6 heteroatoms. The quantitative estimate of drug-likeness (QED) is 0.759. The van der Waals surface area contributed by atoms with E-state index in [0.717, 1.165) is 11.3 Å². The zero-order valence-corrected chi connectivity index (χ0v) is 12.7. The summed E-state index contributed by atoms with van der Waals surface area (Å²) >= 11 is 0. The van der Waals surface area contributed by atoms with E-state index >= 15 is 0 Å². The Labute approximate surface area is 133 Å². The lowest BCUT2D eigenvalue weighted by molar-refractivity contribution is 0.0921. The minimum Gasteiger partial charge on any atom is -0.497 e. The van der Waals surface area contributed by atoms with Crippen LogP contribution in [0.15, 0.2) is 59.3 Å². The number of amides is 1. The monoisotopic (exact) mass is 311 g/mol. The lowest BCUT2D eigenvalue weighted by Crippen LogP contribution is -2.22. The summed E-state index contributed by atoms with van der Waals surface area (Å²) in [5.41, 5.74) is 0.988. The highest BCUT2D eigenvalue weighted by molar-refractivity contribution is 5.91. The number of aromatic nitrogens is 2. The average Bonchev–Trinajstić information content (AvgIpc) is 3.25. The Morgan fingerprint density at radius 2 is 2.09 bits per heavy atom. The van der Waals surface area contributed by atoms with Gasteiger partial charge in [-0.2, -0.15) is 5.10 Å². The van der Waals surface area contributed by atoms with Crippen molar-refractivity contribution < 1.29 is 13.9 Å². The molecule has 0 aliphatic rings. The summed E-state index contributed by atoms with van der Waals surface area (Å²) in [5, 5.41) is 6.93. The molecule has 2 heterocycles. The molecule has 0 bridgehead atoms. The molecule has 0 radical (unpaired) electrons. The summed E-state index contributed by atoms with van der Waals surface area (Å²) in [6, 6.07) is 12.8. The molecule has 3 aromatic rings. The third kappa shape index (κ3) is 3.79. The van der Waals surface area contributed by atoms with Crippen LogP contribution in [0.5, 0.6) is 5.75 Å². The van der Waals surface area contributed by atoms with Crippen molar-refractivity contribution in [3.8, 4) is 5.75 Å². The molecule has 1 amide bonds. The van der Waals surface area contributed by atoms with Crippen molar-refractivity contribution in [1.29, 1.82) is 0 Å². The number of benzene rings is 1. The number of hydrogen-bond acceptors (Lipinski definition) is 4. The van der Waals surface area contributed by atoms with Crippen molar-refractivity contribution in [3.63, 3.8) is 0 Å². The van der Waals surface area contributed by atoms with Gasteiger partial charge in [-0.1, -0.05) is 12.1 Å². The standard InChI is InChI=1S/C17H17N3O3/c1-22-14-5-3-13(4-6-14)11-18-17(21)16-8-7-15(23-16)12-20-10-2-9-19-20/h2-10H,11-12H2,1H3,(H,18,21). The Kier molecular flexibility index (Phi) is 4.42. The van der Waals surface area contributed by atoms with E-state index in [1.807, 2.05) is 36.5 Å². The van der Waals surface area contributed by atoms with E-state index in [1.165, 1.54) is 0 Å². The van der Waals surface area contributed by atoms with E-state index in [-0.39, 0.29) is 5.91 Å². The van der Waals surface area contributed by atoms with Crippen molar-refractivity contribution in [3.05, 3.63) is 71.9 Å². The van der Waals surface area contributed by atoms with Gasteiger partial charge in [0.15, 0.2) is 5.76 Å². The number of carbonyl (C=O) groups is 1. The fraction of sp³-hybridized carbons (Fsp3) is 0.176. The zero-order valence-electron chi connectivity index (χ0n) is 12.7. The first-order chi connectivity index (χ1) is 11.2. The first-order valence-electron chi connectivity index (χ1n) is 7.22. The minimum absolute atomic E-state index is 0.243. The van der Waals surface area contributed by atoms with Gasteiger partial charge in [0.1, 0.15) is 11.5 Å². The second-order valence-electron chi connectivity index (χ2n) is 5.00. The number of carbonyl (C=O) groups excluding carboxylic acids is 1. The van der Waals surface area contributed by atoms with Crippen LogP contribution in [0, 0.1) is 0 Å². The third-order valence-electron chi connectivity index (χ3n) is 3.37. The van der Waals surface area contributed by atoms with E-state index in [9.17, 15) is 4.79 Å². The number of nitrogens with one attached hydrogen (secondary N) is 1. The Balaban J connectivity index is 1.56. The highest BCUT2D eigenvalue weighted by Gasteiger charge is 2.11. The van der Waals surface area contributed by atoms with E-state index in [1.54, 1.807) is 30.1 Å². The molecule has 6 nitrogen and oxygen atoms in total. The van der Waals surface area contributed by atoms with Gasteiger partial charge in [0.25, 0.3) is 5.91 Å². The van der Waals surface area contributed by atoms with Crippen LogP contribution in [0.3, 0.4) is 0 Å². The molecule has 2 aromatic heterocycles. The summed E-state index contributed by atoms with van der Waals surface area (Å²) in [6.07, 6.45) is 3.54. The van der Waals surface area contributed by atoms with E-state index < -0.39 is 0 Å². The molecule has 0 saturated heterocycles. The van der Waals surface area contributed by atoms with Gasteiger partial charge in [0.2, 0.25) is 0 Å². The summed E-state index contributed by atoms with van der Waals surface area (Å²) in [7, 11) is 1.62. The molecule has 0 spiro atoms. The highest BCUT2D eigenvalue weighted by Crippen LogP contribution is 2.12. The van der Waals surface area contributed by atoms with Crippen molar-refractivity contribution in [1.82, 2.24) is 15.1 Å². The molecule has 3 rings (SSSR count). The number of ether oxygens (including phenoxy) is 1. The van der Waals surface area contributed by atoms with Gasteiger partial charge in [-0.05, 0) is 35.9 Å². The first kappa shape index (κ1) is 14.9. The summed E-state index contributed by atoms with van der Waals surface area (Å²) < 4.78 is 12.4. The fourth-order valence-corrected chi connectivity index (χ4v) is 2.15. The largest absolute Gasteiger partial charge is 0.497 e. The number of methoxy groups -OCH3 is 1. The van der Waals surface area contributed by atoms with Crippen LogP contribution in [0.4, 0.5) is 0 Å². The SMILES string of the molecule is COc1ccc(CNC(=O)c2ccc(Cn3cccn3)o2)cc1. The predicted molar refractivity (Wildman–Crippen MR) is 84.2 cm³/mol. The molecule has 0 unspecified atom stereocenters. The molecule has 0 aliphatic heterocycles. The molecular formula is C17H17N3O3. The Hall–Kier alpha value is -3.02. The van der Waals surface area contributed by atoms with Crippen LogP contribution in [-0.4, -0.2) is 22.8 Å². The van der Waals surface area contributed by atoms with Crippen LogP contribution in [-0.2, 0) is 13.1 Å². The third-order valence-corrected chi connectivity index (χ3v) is 3.37. The molecule has 1 aromatic carbocycles. The number of furan rings is 1. The highest BCUT2D eigenvalue weighted by atomic mass is 16.5. The van der Waals surface area contributed by atoms with Crippen LogP contribution in [0.1, 0.15) is 21.9 Å². The van der Waals surface area contributed by atoms with Crippen molar-refractivity contribution in [2.45, 2.75) is 13.1 Å². The number of hydrogen-bond donors (Lipinski definition) is 1. The predicted octanol–water partition coefficient (Wildman–Crippen LogP) is 2.46. The van der Waals surface area contributed by atoms with Crippen LogP contribution < -0.4 is 10.1 Å². The zero-order chi connectivity index (χ0) is 16.1. The number of nitrogens with zero attached hydrogens (tertiary/aromatic N) is 2. The maximum atomic E-state index is 12.1. The van der Waals surface area contributed by atoms with Gasteiger partial charge < -0.3 is 14.5 Å².